The fourth-order valence-electron chi connectivity index (χ4n) is 2.77. The van der Waals surface area contributed by atoms with E-state index in [1.807, 2.05) is 0 Å². The Bertz CT molecular complexity index is 413. The molecule has 108 valence electrons. The van der Waals surface area contributed by atoms with Gasteiger partial charge in [0.15, 0.2) is 0 Å². The second kappa shape index (κ2) is 7.14. The maximum atomic E-state index is 4.60. The highest BCUT2D eigenvalue weighted by molar-refractivity contribution is 9.10. The van der Waals surface area contributed by atoms with Crippen LogP contribution in [0.25, 0.3) is 0 Å². The highest BCUT2D eigenvalue weighted by atomic mass is 79.9. The molecular weight excluding hydrogens is 322 g/mol. The number of aryl methyl sites for hydroxylation is 2. The van der Waals surface area contributed by atoms with Crippen molar-refractivity contribution in [2.75, 3.05) is 12.8 Å². The normalized spacial score (nSPS) is 21.6. The maximum Gasteiger partial charge on any atom is 0.0738 e. The van der Waals surface area contributed by atoms with E-state index in [0.717, 1.165) is 23.9 Å². The molecular formula is C14H24BrN3S. The first-order chi connectivity index (χ1) is 9.17. The lowest BCUT2D eigenvalue weighted by Gasteiger charge is -2.29. The highest BCUT2D eigenvalue weighted by Crippen LogP contribution is 2.30. The largest absolute Gasteiger partial charge is 0.316 e. The Morgan fingerprint density at radius 2 is 2.32 bits per heavy atom. The van der Waals surface area contributed by atoms with E-state index < -0.39 is 0 Å². The SMILES string of the molecule is CCn1nc(C)c(Br)c1CC(NC)C1CCCCS1. The van der Waals surface area contributed by atoms with Crippen LogP contribution in [-0.2, 0) is 13.0 Å². The minimum Gasteiger partial charge on any atom is -0.316 e. The minimum atomic E-state index is 0.544. The smallest absolute Gasteiger partial charge is 0.0738 e. The zero-order chi connectivity index (χ0) is 13.8. The van der Waals surface area contributed by atoms with Crippen LogP contribution in [0.5, 0.6) is 0 Å². The van der Waals surface area contributed by atoms with Crippen LogP contribution >= 0.6 is 27.7 Å². The van der Waals surface area contributed by atoms with E-state index in [9.17, 15) is 0 Å². The molecule has 2 rings (SSSR count). The molecule has 0 saturated carbocycles. The summed E-state index contributed by atoms with van der Waals surface area (Å²) in [5.41, 5.74) is 2.44. The number of likely N-dealkylation sites (N-methyl/N-ethyl adjacent to an activating group) is 1. The first kappa shape index (κ1) is 15.4. The lowest BCUT2D eigenvalue weighted by molar-refractivity contribution is 0.475. The fraction of sp³-hybridized carbons (Fsp3) is 0.786. The van der Waals surface area contributed by atoms with Gasteiger partial charge in [-0.15, -0.1) is 0 Å². The molecule has 2 atom stereocenters. The van der Waals surface area contributed by atoms with Crippen LogP contribution in [0, 0.1) is 6.92 Å². The van der Waals surface area contributed by atoms with Crippen molar-refractivity contribution < 1.29 is 0 Å². The molecule has 1 N–H and O–H groups in total. The Balaban J connectivity index is 2.13. The van der Waals surface area contributed by atoms with E-state index >= 15 is 0 Å². The van der Waals surface area contributed by atoms with Crippen LogP contribution in [0.1, 0.15) is 37.6 Å². The number of rotatable bonds is 5. The summed E-state index contributed by atoms with van der Waals surface area (Å²) in [4.78, 5) is 0. The summed E-state index contributed by atoms with van der Waals surface area (Å²) in [7, 11) is 2.09. The van der Waals surface area contributed by atoms with Crippen molar-refractivity contribution in [2.24, 2.45) is 0 Å². The Kier molecular flexibility index (Phi) is 5.78. The van der Waals surface area contributed by atoms with E-state index in [-0.39, 0.29) is 0 Å². The second-order valence-electron chi connectivity index (χ2n) is 5.17. The molecule has 0 aromatic carbocycles. The van der Waals surface area contributed by atoms with E-state index in [4.69, 9.17) is 0 Å². The molecule has 1 aliphatic heterocycles. The van der Waals surface area contributed by atoms with E-state index in [0.29, 0.717) is 6.04 Å². The lowest BCUT2D eigenvalue weighted by Crippen LogP contribution is -2.39. The molecule has 1 aromatic heterocycles. The second-order valence-corrected chi connectivity index (χ2v) is 7.31. The zero-order valence-corrected chi connectivity index (χ0v) is 14.5. The molecule has 0 aliphatic carbocycles. The Morgan fingerprint density at radius 3 is 2.89 bits per heavy atom. The van der Waals surface area contributed by atoms with Gasteiger partial charge >= 0.3 is 0 Å². The highest BCUT2D eigenvalue weighted by Gasteiger charge is 2.25. The van der Waals surface area contributed by atoms with Gasteiger partial charge in [-0.05, 0) is 55.4 Å². The molecule has 3 nitrogen and oxygen atoms in total. The average Bonchev–Trinajstić information content (AvgIpc) is 2.72. The fourth-order valence-corrected chi connectivity index (χ4v) is 4.69. The molecule has 1 fully saturated rings. The van der Waals surface area contributed by atoms with Crippen LogP contribution in [0.15, 0.2) is 4.47 Å². The molecule has 5 heteroatoms. The van der Waals surface area contributed by atoms with Gasteiger partial charge in [-0.2, -0.15) is 16.9 Å². The van der Waals surface area contributed by atoms with Crippen molar-refractivity contribution in [3.05, 3.63) is 15.9 Å². The first-order valence-electron chi connectivity index (χ1n) is 7.18. The summed E-state index contributed by atoms with van der Waals surface area (Å²) in [6.07, 6.45) is 5.16. The van der Waals surface area contributed by atoms with Crippen molar-refractivity contribution in [1.82, 2.24) is 15.1 Å². The number of nitrogens with zero attached hydrogens (tertiary/aromatic N) is 2. The van der Waals surface area contributed by atoms with Crippen molar-refractivity contribution >= 4 is 27.7 Å². The lowest BCUT2D eigenvalue weighted by atomic mass is 10.0. The third kappa shape index (κ3) is 3.56. The molecule has 1 aromatic rings. The molecule has 0 radical (unpaired) electrons. The Morgan fingerprint density at radius 1 is 1.53 bits per heavy atom. The average molecular weight is 346 g/mol. The molecule has 0 spiro atoms. The number of nitrogens with one attached hydrogen (secondary N) is 1. The molecule has 0 amide bonds. The quantitative estimate of drug-likeness (QED) is 0.886. The van der Waals surface area contributed by atoms with Gasteiger partial charge in [-0.25, -0.2) is 0 Å². The molecule has 2 heterocycles. The van der Waals surface area contributed by atoms with Gasteiger partial charge in [0.2, 0.25) is 0 Å². The van der Waals surface area contributed by atoms with Gasteiger partial charge in [0.05, 0.1) is 15.9 Å². The third-order valence-electron chi connectivity index (χ3n) is 3.90. The Labute approximate surface area is 129 Å². The van der Waals surface area contributed by atoms with Crippen LogP contribution in [0.4, 0.5) is 0 Å². The predicted molar refractivity (Wildman–Crippen MR) is 87.0 cm³/mol. The van der Waals surface area contributed by atoms with E-state index in [1.165, 1.54) is 35.2 Å². The van der Waals surface area contributed by atoms with E-state index in [2.05, 4.69) is 63.7 Å². The maximum absolute atomic E-state index is 4.60. The van der Waals surface area contributed by atoms with Crippen LogP contribution in [0.3, 0.4) is 0 Å². The molecule has 1 aliphatic rings. The summed E-state index contributed by atoms with van der Waals surface area (Å²) in [5.74, 6) is 1.32. The van der Waals surface area contributed by atoms with Gasteiger partial charge < -0.3 is 5.32 Å². The topological polar surface area (TPSA) is 29.9 Å². The number of halogens is 1. The summed E-state index contributed by atoms with van der Waals surface area (Å²) in [6.45, 7) is 5.17. The summed E-state index contributed by atoms with van der Waals surface area (Å²) in [5, 5.41) is 8.86. The van der Waals surface area contributed by atoms with Crippen molar-refractivity contribution in [1.29, 1.82) is 0 Å². The monoisotopic (exact) mass is 345 g/mol. The van der Waals surface area contributed by atoms with Crippen LogP contribution in [-0.4, -0.2) is 33.9 Å². The molecule has 1 saturated heterocycles. The molecule has 19 heavy (non-hydrogen) atoms. The minimum absolute atomic E-state index is 0.544. The van der Waals surface area contributed by atoms with Crippen molar-refractivity contribution in [2.45, 2.75) is 57.4 Å². The molecule has 0 bridgehead atoms. The number of hydrogen-bond donors (Lipinski definition) is 1. The number of thioether (sulfide) groups is 1. The summed E-state index contributed by atoms with van der Waals surface area (Å²) >= 11 is 5.84. The summed E-state index contributed by atoms with van der Waals surface area (Å²) in [6, 6.07) is 0.544. The van der Waals surface area contributed by atoms with Gasteiger partial charge in [0.1, 0.15) is 0 Å². The zero-order valence-electron chi connectivity index (χ0n) is 12.1. The number of hydrogen-bond acceptors (Lipinski definition) is 3. The standard InChI is InChI=1S/C14H24BrN3S/c1-4-18-12(14(15)10(2)17-18)9-11(16-3)13-7-5-6-8-19-13/h11,13,16H,4-9H2,1-3H3. The number of aromatic nitrogens is 2. The summed E-state index contributed by atoms with van der Waals surface area (Å²) < 4.78 is 3.33. The van der Waals surface area contributed by atoms with Crippen LogP contribution < -0.4 is 5.32 Å². The first-order valence-corrected chi connectivity index (χ1v) is 9.02. The van der Waals surface area contributed by atoms with Gasteiger partial charge in [0.25, 0.3) is 0 Å². The van der Waals surface area contributed by atoms with Gasteiger partial charge in [0, 0.05) is 24.3 Å². The van der Waals surface area contributed by atoms with Crippen molar-refractivity contribution in [3.8, 4) is 0 Å². The van der Waals surface area contributed by atoms with Crippen molar-refractivity contribution in [3.63, 3.8) is 0 Å². The van der Waals surface area contributed by atoms with Crippen LogP contribution in [0.2, 0.25) is 0 Å². The van der Waals surface area contributed by atoms with Gasteiger partial charge in [-0.3, -0.25) is 4.68 Å². The Hall–Kier alpha value is -0.0000000000000000555. The van der Waals surface area contributed by atoms with Gasteiger partial charge in [-0.1, -0.05) is 6.42 Å². The predicted octanol–water partition coefficient (Wildman–Crippen LogP) is 3.39. The molecule has 2 unspecified atom stereocenters. The van der Waals surface area contributed by atoms with E-state index in [1.54, 1.807) is 0 Å². The third-order valence-corrected chi connectivity index (χ3v) is 6.45.